The normalized spacial score (nSPS) is 14.3. The van der Waals surface area contributed by atoms with E-state index in [0.717, 1.165) is 29.8 Å². The van der Waals surface area contributed by atoms with Gasteiger partial charge in [0.2, 0.25) is 0 Å². The summed E-state index contributed by atoms with van der Waals surface area (Å²) >= 11 is 0. The Morgan fingerprint density at radius 1 is 1.22 bits per heavy atom. The highest BCUT2D eigenvalue weighted by Gasteiger charge is 2.21. The standard InChI is InChI=1S/C14H14N2O2/c17-14-8-4-7-13-12(14)9-15-16(13)10-18-11-5-2-1-3-6-11/h1-3,5-6,9H,4,7-8,10H2. The molecule has 2 aromatic rings. The first-order chi connectivity index (χ1) is 8.84. The van der Waals surface area contributed by atoms with Crippen LogP contribution in [-0.4, -0.2) is 15.6 Å². The molecule has 0 saturated carbocycles. The van der Waals surface area contributed by atoms with Gasteiger partial charge in [-0.2, -0.15) is 5.10 Å². The molecule has 0 bridgehead atoms. The fourth-order valence-electron chi connectivity index (χ4n) is 2.22. The van der Waals surface area contributed by atoms with E-state index in [4.69, 9.17) is 4.74 Å². The topological polar surface area (TPSA) is 44.1 Å². The lowest BCUT2D eigenvalue weighted by Gasteiger charge is -2.13. The number of fused-ring (bicyclic) bond motifs is 1. The van der Waals surface area contributed by atoms with Gasteiger partial charge in [0, 0.05) is 6.42 Å². The van der Waals surface area contributed by atoms with Gasteiger partial charge in [0.15, 0.2) is 12.5 Å². The van der Waals surface area contributed by atoms with Crippen molar-refractivity contribution in [3.63, 3.8) is 0 Å². The summed E-state index contributed by atoms with van der Waals surface area (Å²) in [7, 11) is 0. The Balaban J connectivity index is 1.76. The van der Waals surface area contributed by atoms with Gasteiger partial charge in [-0.25, -0.2) is 4.68 Å². The van der Waals surface area contributed by atoms with Gasteiger partial charge in [0.1, 0.15) is 5.75 Å². The van der Waals surface area contributed by atoms with E-state index in [2.05, 4.69) is 5.10 Å². The van der Waals surface area contributed by atoms with Crippen molar-refractivity contribution in [2.75, 3.05) is 0 Å². The van der Waals surface area contributed by atoms with E-state index in [0.29, 0.717) is 13.2 Å². The van der Waals surface area contributed by atoms with E-state index in [-0.39, 0.29) is 5.78 Å². The van der Waals surface area contributed by atoms with Crippen LogP contribution in [0.2, 0.25) is 0 Å². The van der Waals surface area contributed by atoms with Crippen LogP contribution in [-0.2, 0) is 13.2 Å². The van der Waals surface area contributed by atoms with Crippen LogP contribution >= 0.6 is 0 Å². The Kier molecular flexibility index (Phi) is 2.84. The minimum atomic E-state index is 0.196. The first-order valence-electron chi connectivity index (χ1n) is 6.10. The van der Waals surface area contributed by atoms with E-state index in [1.807, 2.05) is 30.3 Å². The van der Waals surface area contributed by atoms with E-state index in [1.165, 1.54) is 0 Å². The quantitative estimate of drug-likeness (QED) is 0.830. The average Bonchev–Trinajstić information content (AvgIpc) is 2.82. The SMILES string of the molecule is O=C1CCCc2c1cnn2COc1ccccc1. The molecule has 0 saturated heterocycles. The van der Waals surface area contributed by atoms with E-state index in [9.17, 15) is 4.79 Å². The lowest BCUT2D eigenvalue weighted by Crippen LogP contribution is -2.15. The average molecular weight is 242 g/mol. The molecule has 18 heavy (non-hydrogen) atoms. The third-order valence-electron chi connectivity index (χ3n) is 3.16. The third kappa shape index (κ3) is 2.01. The summed E-state index contributed by atoms with van der Waals surface area (Å²) in [6, 6.07) is 9.61. The first-order valence-corrected chi connectivity index (χ1v) is 6.10. The molecule has 92 valence electrons. The van der Waals surface area contributed by atoms with Gasteiger partial charge >= 0.3 is 0 Å². The molecule has 0 N–H and O–H groups in total. The Morgan fingerprint density at radius 3 is 2.89 bits per heavy atom. The molecular weight excluding hydrogens is 228 g/mol. The molecule has 0 fully saturated rings. The maximum atomic E-state index is 11.7. The number of rotatable bonds is 3. The zero-order valence-electron chi connectivity index (χ0n) is 10.0. The van der Waals surface area contributed by atoms with Crippen molar-refractivity contribution in [3.05, 3.63) is 47.8 Å². The molecule has 1 aromatic heterocycles. The number of benzene rings is 1. The minimum Gasteiger partial charge on any atom is -0.471 e. The molecule has 0 atom stereocenters. The highest BCUT2D eigenvalue weighted by atomic mass is 16.5. The zero-order valence-corrected chi connectivity index (χ0v) is 10.0. The van der Waals surface area contributed by atoms with Gasteiger partial charge in [-0.1, -0.05) is 18.2 Å². The van der Waals surface area contributed by atoms with Gasteiger partial charge in [-0.3, -0.25) is 4.79 Å². The predicted molar refractivity (Wildman–Crippen MR) is 66.6 cm³/mol. The number of hydrogen-bond donors (Lipinski definition) is 0. The molecule has 0 amide bonds. The molecule has 1 aliphatic carbocycles. The number of aromatic nitrogens is 2. The molecule has 0 aliphatic heterocycles. The number of nitrogens with zero attached hydrogens (tertiary/aromatic N) is 2. The van der Waals surface area contributed by atoms with Crippen molar-refractivity contribution < 1.29 is 9.53 Å². The zero-order chi connectivity index (χ0) is 12.4. The maximum Gasteiger partial charge on any atom is 0.181 e. The minimum absolute atomic E-state index is 0.196. The highest BCUT2D eigenvalue weighted by Crippen LogP contribution is 2.21. The number of para-hydroxylation sites is 1. The fraction of sp³-hybridized carbons (Fsp3) is 0.286. The summed E-state index contributed by atoms with van der Waals surface area (Å²) in [5.74, 6) is 1.01. The van der Waals surface area contributed by atoms with Gasteiger partial charge in [-0.15, -0.1) is 0 Å². The Morgan fingerprint density at radius 2 is 2.06 bits per heavy atom. The molecule has 0 radical (unpaired) electrons. The smallest absolute Gasteiger partial charge is 0.181 e. The first kappa shape index (κ1) is 11.0. The second-order valence-electron chi connectivity index (χ2n) is 4.37. The molecular formula is C14H14N2O2. The lowest BCUT2D eigenvalue weighted by atomic mass is 9.97. The molecule has 4 heteroatoms. The van der Waals surface area contributed by atoms with Crippen molar-refractivity contribution in [1.29, 1.82) is 0 Å². The maximum absolute atomic E-state index is 11.7. The van der Waals surface area contributed by atoms with Crippen molar-refractivity contribution in [3.8, 4) is 5.75 Å². The van der Waals surface area contributed by atoms with Crippen LogP contribution in [0.15, 0.2) is 36.5 Å². The summed E-state index contributed by atoms with van der Waals surface area (Å²) in [5, 5.41) is 4.23. The van der Waals surface area contributed by atoms with Gasteiger partial charge in [-0.05, 0) is 25.0 Å². The highest BCUT2D eigenvalue weighted by molar-refractivity contribution is 5.97. The van der Waals surface area contributed by atoms with E-state index >= 15 is 0 Å². The van der Waals surface area contributed by atoms with E-state index in [1.54, 1.807) is 10.9 Å². The van der Waals surface area contributed by atoms with Crippen LogP contribution in [0.3, 0.4) is 0 Å². The molecule has 1 heterocycles. The van der Waals surface area contributed by atoms with Gasteiger partial charge in [0.05, 0.1) is 17.5 Å². The number of carbonyl (C=O) groups is 1. The van der Waals surface area contributed by atoms with Crippen LogP contribution in [0.25, 0.3) is 0 Å². The van der Waals surface area contributed by atoms with Crippen molar-refractivity contribution in [1.82, 2.24) is 9.78 Å². The van der Waals surface area contributed by atoms with Crippen LogP contribution in [0, 0.1) is 0 Å². The summed E-state index contributed by atoms with van der Waals surface area (Å²) in [6.45, 7) is 0.354. The van der Waals surface area contributed by atoms with Crippen molar-refractivity contribution >= 4 is 5.78 Å². The van der Waals surface area contributed by atoms with Crippen molar-refractivity contribution in [2.24, 2.45) is 0 Å². The van der Waals surface area contributed by atoms with Crippen LogP contribution < -0.4 is 4.74 Å². The molecule has 3 rings (SSSR count). The van der Waals surface area contributed by atoms with Gasteiger partial charge in [0.25, 0.3) is 0 Å². The Hall–Kier alpha value is -2.10. The monoisotopic (exact) mass is 242 g/mol. The number of ether oxygens (including phenoxy) is 1. The third-order valence-corrected chi connectivity index (χ3v) is 3.16. The van der Waals surface area contributed by atoms with Crippen molar-refractivity contribution in [2.45, 2.75) is 26.0 Å². The number of ketones is 1. The number of Topliss-reactive ketones (excluding diaryl/α,β-unsaturated/α-hetero) is 1. The van der Waals surface area contributed by atoms with E-state index < -0.39 is 0 Å². The summed E-state index contributed by atoms with van der Waals surface area (Å²) in [4.78, 5) is 11.7. The van der Waals surface area contributed by atoms with Crippen LogP contribution in [0.5, 0.6) is 5.75 Å². The lowest BCUT2D eigenvalue weighted by molar-refractivity contribution is 0.0971. The molecule has 1 aliphatic rings. The molecule has 0 spiro atoms. The van der Waals surface area contributed by atoms with Gasteiger partial charge < -0.3 is 4.74 Å². The summed E-state index contributed by atoms with van der Waals surface area (Å²) in [6.07, 6.45) is 4.10. The number of hydrogen-bond acceptors (Lipinski definition) is 3. The summed E-state index contributed by atoms with van der Waals surface area (Å²) < 4.78 is 7.42. The predicted octanol–water partition coefficient (Wildman–Crippen LogP) is 2.44. The number of carbonyl (C=O) groups excluding carboxylic acids is 1. The van der Waals surface area contributed by atoms with Crippen LogP contribution in [0.1, 0.15) is 28.9 Å². The second kappa shape index (κ2) is 4.64. The molecule has 0 unspecified atom stereocenters. The summed E-state index contributed by atoms with van der Waals surface area (Å²) in [5.41, 5.74) is 1.76. The Labute approximate surface area is 105 Å². The largest absolute Gasteiger partial charge is 0.471 e. The Bertz CT molecular complexity index is 560. The molecule has 4 nitrogen and oxygen atoms in total. The molecule has 1 aromatic carbocycles. The second-order valence-corrected chi connectivity index (χ2v) is 4.37. The van der Waals surface area contributed by atoms with Crippen LogP contribution in [0.4, 0.5) is 0 Å². The fourth-order valence-corrected chi connectivity index (χ4v) is 2.22.